The maximum Gasteiger partial charge on any atom is 0.326 e. The molecule has 0 aromatic rings. The van der Waals surface area contributed by atoms with Crippen LogP contribution in [0.2, 0.25) is 0 Å². The van der Waals surface area contributed by atoms with Crippen LogP contribution in [0.3, 0.4) is 0 Å². The van der Waals surface area contributed by atoms with Crippen LogP contribution in [0.5, 0.6) is 0 Å². The molecule has 3 amide bonds. The van der Waals surface area contributed by atoms with Gasteiger partial charge in [-0.05, 0) is 12.8 Å². The Labute approximate surface area is 112 Å². The van der Waals surface area contributed by atoms with Crippen LogP contribution in [0.15, 0.2) is 0 Å². The predicted molar refractivity (Wildman–Crippen MR) is 68.7 cm³/mol. The molecule has 1 aliphatic rings. The zero-order valence-corrected chi connectivity index (χ0v) is 11.1. The van der Waals surface area contributed by atoms with Gasteiger partial charge in [0.2, 0.25) is 5.91 Å². The van der Waals surface area contributed by atoms with Crippen LogP contribution in [-0.2, 0) is 9.59 Å². The third-order valence-electron chi connectivity index (χ3n) is 2.99. The average molecular weight is 271 g/mol. The molecule has 0 aromatic heterocycles. The number of hydrogen-bond acceptors (Lipinski definition) is 3. The molecule has 1 heterocycles. The van der Waals surface area contributed by atoms with E-state index >= 15 is 0 Å². The van der Waals surface area contributed by atoms with Gasteiger partial charge in [0.05, 0.1) is 0 Å². The van der Waals surface area contributed by atoms with Gasteiger partial charge >= 0.3 is 12.0 Å². The molecule has 7 nitrogen and oxygen atoms in total. The number of unbranched alkanes of at least 4 members (excludes halogenated alkanes) is 1. The molecule has 1 fully saturated rings. The minimum absolute atomic E-state index is 0.0219. The van der Waals surface area contributed by atoms with E-state index in [2.05, 4.69) is 10.6 Å². The van der Waals surface area contributed by atoms with Crippen LogP contribution < -0.4 is 10.6 Å². The van der Waals surface area contributed by atoms with Gasteiger partial charge < -0.3 is 20.6 Å². The number of carboxylic acid groups (broad SMARTS) is 1. The first-order chi connectivity index (χ1) is 9.04. The third-order valence-corrected chi connectivity index (χ3v) is 2.99. The van der Waals surface area contributed by atoms with Crippen molar-refractivity contribution >= 4 is 17.9 Å². The van der Waals surface area contributed by atoms with Crippen molar-refractivity contribution < 1.29 is 19.5 Å². The Morgan fingerprint density at radius 2 is 2.26 bits per heavy atom. The topological polar surface area (TPSA) is 98.7 Å². The van der Waals surface area contributed by atoms with Crippen molar-refractivity contribution in [2.45, 2.75) is 38.6 Å². The number of amides is 3. The van der Waals surface area contributed by atoms with Crippen LogP contribution >= 0.6 is 0 Å². The van der Waals surface area contributed by atoms with E-state index in [1.807, 2.05) is 6.92 Å². The van der Waals surface area contributed by atoms with Gasteiger partial charge in [-0.3, -0.25) is 4.79 Å². The number of hydrogen-bond donors (Lipinski definition) is 3. The molecule has 1 saturated heterocycles. The van der Waals surface area contributed by atoms with Gasteiger partial charge in [0.25, 0.3) is 0 Å². The summed E-state index contributed by atoms with van der Waals surface area (Å²) in [7, 11) is 0. The zero-order chi connectivity index (χ0) is 14.3. The van der Waals surface area contributed by atoms with E-state index in [0.717, 1.165) is 12.8 Å². The van der Waals surface area contributed by atoms with Crippen molar-refractivity contribution in [3.8, 4) is 0 Å². The van der Waals surface area contributed by atoms with Gasteiger partial charge in [-0.25, -0.2) is 9.59 Å². The normalized spacial score (nSPS) is 17.3. The second-order valence-corrected chi connectivity index (χ2v) is 4.61. The number of urea groups is 1. The monoisotopic (exact) mass is 271 g/mol. The van der Waals surface area contributed by atoms with Crippen molar-refractivity contribution in [2.24, 2.45) is 0 Å². The van der Waals surface area contributed by atoms with Crippen molar-refractivity contribution in [3.63, 3.8) is 0 Å². The summed E-state index contributed by atoms with van der Waals surface area (Å²) < 4.78 is 0. The minimum atomic E-state index is -1.04. The molecule has 0 radical (unpaired) electrons. The van der Waals surface area contributed by atoms with E-state index in [4.69, 9.17) is 5.11 Å². The van der Waals surface area contributed by atoms with Crippen LogP contribution in [0.25, 0.3) is 0 Å². The molecule has 1 aliphatic heterocycles. The van der Waals surface area contributed by atoms with Gasteiger partial charge in [-0.1, -0.05) is 19.8 Å². The molecule has 0 bridgehead atoms. The molecule has 1 rings (SSSR count). The van der Waals surface area contributed by atoms with Crippen molar-refractivity contribution in [1.82, 2.24) is 15.5 Å². The Kier molecular flexibility index (Phi) is 6.11. The summed E-state index contributed by atoms with van der Waals surface area (Å²) in [5.74, 6) is -1.26. The Hall–Kier alpha value is -1.79. The SMILES string of the molecule is CCCC[C@H](NC(=O)N1CCCNC(=O)C1)C(=O)O. The maximum absolute atomic E-state index is 11.9. The van der Waals surface area contributed by atoms with E-state index in [0.29, 0.717) is 25.9 Å². The van der Waals surface area contributed by atoms with Crippen LogP contribution in [0, 0.1) is 0 Å². The summed E-state index contributed by atoms with van der Waals surface area (Å²) >= 11 is 0. The highest BCUT2D eigenvalue weighted by Gasteiger charge is 2.24. The Balaban J connectivity index is 2.54. The van der Waals surface area contributed by atoms with Gasteiger partial charge in [0, 0.05) is 13.1 Å². The summed E-state index contributed by atoms with van der Waals surface area (Å²) in [6.07, 6.45) is 2.67. The Bertz CT molecular complexity index is 346. The van der Waals surface area contributed by atoms with Crippen molar-refractivity contribution in [1.29, 1.82) is 0 Å². The summed E-state index contributed by atoms with van der Waals surface area (Å²) in [4.78, 5) is 35.7. The second kappa shape index (κ2) is 7.60. The van der Waals surface area contributed by atoms with Crippen molar-refractivity contribution in [3.05, 3.63) is 0 Å². The molecule has 7 heteroatoms. The lowest BCUT2D eigenvalue weighted by molar-refractivity contribution is -0.139. The Morgan fingerprint density at radius 3 is 2.89 bits per heavy atom. The van der Waals surface area contributed by atoms with E-state index in [9.17, 15) is 14.4 Å². The molecule has 1 atom stereocenters. The maximum atomic E-state index is 11.9. The standard InChI is InChI=1S/C12H21N3O4/c1-2-3-5-9(11(17)18)14-12(19)15-7-4-6-13-10(16)8-15/h9H,2-8H2,1H3,(H,13,16)(H,14,19)(H,17,18)/t9-/m0/s1. The predicted octanol–water partition coefficient (Wildman–Crippen LogP) is 0.161. The smallest absolute Gasteiger partial charge is 0.326 e. The highest BCUT2D eigenvalue weighted by molar-refractivity contribution is 5.86. The second-order valence-electron chi connectivity index (χ2n) is 4.61. The van der Waals surface area contributed by atoms with Crippen molar-refractivity contribution in [2.75, 3.05) is 19.6 Å². The van der Waals surface area contributed by atoms with E-state index in [1.54, 1.807) is 0 Å². The molecule has 0 spiro atoms. The summed E-state index contributed by atoms with van der Waals surface area (Å²) in [6.45, 7) is 2.93. The average Bonchev–Trinajstić information content (AvgIpc) is 2.58. The summed E-state index contributed by atoms with van der Waals surface area (Å²) in [5, 5.41) is 14.2. The molecule has 0 unspecified atom stereocenters. The molecule has 108 valence electrons. The largest absolute Gasteiger partial charge is 0.480 e. The first kappa shape index (κ1) is 15.3. The molecule has 0 saturated carbocycles. The minimum Gasteiger partial charge on any atom is -0.480 e. The molecule has 0 aromatic carbocycles. The number of nitrogens with one attached hydrogen (secondary N) is 2. The fraction of sp³-hybridized carbons (Fsp3) is 0.750. The lowest BCUT2D eigenvalue weighted by atomic mass is 10.1. The number of rotatable bonds is 5. The van der Waals surface area contributed by atoms with Crippen LogP contribution in [0.1, 0.15) is 32.6 Å². The van der Waals surface area contributed by atoms with Gasteiger partial charge in [0.15, 0.2) is 0 Å². The van der Waals surface area contributed by atoms with Gasteiger partial charge in [-0.15, -0.1) is 0 Å². The van der Waals surface area contributed by atoms with E-state index in [-0.39, 0.29) is 12.5 Å². The highest BCUT2D eigenvalue weighted by atomic mass is 16.4. The first-order valence-electron chi connectivity index (χ1n) is 6.59. The fourth-order valence-corrected chi connectivity index (χ4v) is 1.89. The molecular formula is C12H21N3O4. The van der Waals surface area contributed by atoms with E-state index in [1.165, 1.54) is 4.90 Å². The molecular weight excluding hydrogens is 250 g/mol. The van der Waals surface area contributed by atoms with Gasteiger partial charge in [0.1, 0.15) is 12.6 Å². The summed E-state index contributed by atoms with van der Waals surface area (Å²) in [5.41, 5.74) is 0. The fourth-order valence-electron chi connectivity index (χ4n) is 1.89. The lowest BCUT2D eigenvalue weighted by Gasteiger charge is -2.22. The number of carboxylic acids is 1. The number of nitrogens with zero attached hydrogens (tertiary/aromatic N) is 1. The third kappa shape index (κ3) is 5.15. The Morgan fingerprint density at radius 1 is 1.53 bits per heavy atom. The van der Waals surface area contributed by atoms with E-state index < -0.39 is 18.0 Å². The first-order valence-corrected chi connectivity index (χ1v) is 6.59. The van der Waals surface area contributed by atoms with Gasteiger partial charge in [-0.2, -0.15) is 0 Å². The zero-order valence-electron chi connectivity index (χ0n) is 11.1. The quantitative estimate of drug-likeness (QED) is 0.663. The molecule has 3 N–H and O–H groups in total. The number of carbonyl (C=O) groups is 3. The summed E-state index contributed by atoms with van der Waals surface area (Å²) in [6, 6.07) is -1.38. The molecule has 0 aliphatic carbocycles. The van der Waals surface area contributed by atoms with Crippen LogP contribution in [-0.4, -0.2) is 53.6 Å². The number of carbonyl (C=O) groups excluding carboxylic acids is 2. The number of aliphatic carboxylic acids is 1. The molecule has 19 heavy (non-hydrogen) atoms. The highest BCUT2D eigenvalue weighted by Crippen LogP contribution is 2.03. The van der Waals surface area contributed by atoms with Crippen LogP contribution in [0.4, 0.5) is 4.79 Å². The lowest BCUT2D eigenvalue weighted by Crippen LogP contribution is -2.49.